The molecular weight excluding hydrogens is 372 g/mol. The molecule has 0 spiro atoms. The van der Waals surface area contributed by atoms with Crippen molar-refractivity contribution < 1.29 is 14.9 Å². The van der Waals surface area contributed by atoms with E-state index in [1.54, 1.807) is 52.2 Å². The first-order valence-corrected chi connectivity index (χ1v) is 9.10. The minimum Gasteiger partial charge on any atom is -0.507 e. The highest BCUT2D eigenvalue weighted by atomic mass is 16.5. The van der Waals surface area contributed by atoms with E-state index in [9.17, 15) is 19.8 Å². The molecule has 2 aromatic heterocycles. The monoisotopic (exact) mass is 396 g/mol. The zero-order chi connectivity index (χ0) is 21.5. The predicted octanol–water partition coefficient (Wildman–Crippen LogP) is 2.30. The summed E-state index contributed by atoms with van der Waals surface area (Å²) in [6.45, 7) is 3.40. The van der Waals surface area contributed by atoms with E-state index in [2.05, 4.69) is 0 Å². The van der Waals surface area contributed by atoms with Crippen LogP contribution < -0.4 is 15.9 Å². The Morgan fingerprint density at radius 2 is 1.31 bits per heavy atom. The summed E-state index contributed by atoms with van der Waals surface area (Å²) in [4.78, 5) is 26.3. The number of hydrogen-bond donors (Lipinski definition) is 2. The van der Waals surface area contributed by atoms with E-state index >= 15 is 0 Å². The summed E-state index contributed by atoms with van der Waals surface area (Å²) < 4.78 is 8.25. The fourth-order valence-corrected chi connectivity index (χ4v) is 3.55. The number of pyridine rings is 2. The summed E-state index contributed by atoms with van der Waals surface area (Å²) in [5.41, 5.74) is 0.702. The van der Waals surface area contributed by atoms with Gasteiger partial charge in [0.1, 0.15) is 17.2 Å². The van der Waals surface area contributed by atoms with Crippen molar-refractivity contribution in [1.29, 1.82) is 0 Å². The Bertz CT molecular complexity index is 1140. The number of rotatable bonds is 4. The van der Waals surface area contributed by atoms with Gasteiger partial charge in [-0.2, -0.15) is 0 Å². The number of para-hydroxylation sites is 1. The van der Waals surface area contributed by atoms with Crippen LogP contribution in [-0.4, -0.2) is 26.5 Å². The van der Waals surface area contributed by atoms with Gasteiger partial charge >= 0.3 is 0 Å². The lowest BCUT2D eigenvalue weighted by Crippen LogP contribution is -2.31. The van der Waals surface area contributed by atoms with E-state index in [4.69, 9.17) is 4.74 Å². The van der Waals surface area contributed by atoms with Crippen molar-refractivity contribution in [2.45, 2.75) is 19.8 Å². The molecule has 0 radical (unpaired) electrons. The molecule has 1 aromatic carbocycles. The third-order valence-corrected chi connectivity index (χ3v) is 5.40. The normalized spacial score (nSPS) is 11.1. The molecule has 0 fully saturated rings. The molecule has 152 valence electrons. The number of aryl methyl sites for hydroxylation is 2. The molecule has 0 aliphatic carbocycles. The Morgan fingerprint density at radius 1 is 0.862 bits per heavy atom. The maximum absolute atomic E-state index is 13.1. The smallest absolute Gasteiger partial charge is 0.258 e. The van der Waals surface area contributed by atoms with Crippen molar-refractivity contribution in [3.8, 4) is 17.2 Å². The van der Waals surface area contributed by atoms with Gasteiger partial charge in [-0.1, -0.05) is 18.2 Å². The first-order chi connectivity index (χ1) is 13.7. The third-order valence-electron chi connectivity index (χ3n) is 5.40. The second kappa shape index (κ2) is 7.50. The summed E-state index contributed by atoms with van der Waals surface area (Å²) in [7, 11) is 4.66. The van der Waals surface area contributed by atoms with E-state index in [1.807, 2.05) is 0 Å². The fourth-order valence-electron chi connectivity index (χ4n) is 3.55. The van der Waals surface area contributed by atoms with Crippen molar-refractivity contribution in [3.05, 3.63) is 85.2 Å². The lowest BCUT2D eigenvalue weighted by atomic mass is 9.84. The number of methoxy groups -OCH3 is 1. The summed E-state index contributed by atoms with van der Waals surface area (Å²) >= 11 is 0. The SMILES string of the molecule is COc1ccccc1C(c1c(O)cc(C)n(C)c1=O)c1c(O)cc(C)n(C)c1=O. The topological polar surface area (TPSA) is 93.7 Å². The van der Waals surface area contributed by atoms with Gasteiger partial charge in [0.25, 0.3) is 11.1 Å². The van der Waals surface area contributed by atoms with Crippen LogP contribution in [0, 0.1) is 13.8 Å². The van der Waals surface area contributed by atoms with E-state index in [0.717, 1.165) is 0 Å². The molecule has 2 heterocycles. The molecule has 0 aliphatic rings. The number of benzene rings is 1. The second-order valence-electron chi connectivity index (χ2n) is 7.07. The zero-order valence-electron chi connectivity index (χ0n) is 17.1. The maximum Gasteiger partial charge on any atom is 0.258 e. The van der Waals surface area contributed by atoms with Crippen LogP contribution in [0.15, 0.2) is 46.0 Å². The van der Waals surface area contributed by atoms with Gasteiger partial charge in [-0.25, -0.2) is 0 Å². The first kappa shape index (κ1) is 20.3. The van der Waals surface area contributed by atoms with Crippen LogP contribution in [0.5, 0.6) is 17.2 Å². The van der Waals surface area contributed by atoms with Crippen LogP contribution in [0.2, 0.25) is 0 Å². The predicted molar refractivity (Wildman–Crippen MR) is 110 cm³/mol. The number of aromatic nitrogens is 2. The number of ether oxygens (including phenoxy) is 1. The number of hydrogen-bond acceptors (Lipinski definition) is 5. The van der Waals surface area contributed by atoms with Crippen LogP contribution in [0.25, 0.3) is 0 Å². The van der Waals surface area contributed by atoms with E-state index in [1.165, 1.54) is 28.4 Å². The highest BCUT2D eigenvalue weighted by Crippen LogP contribution is 2.40. The molecule has 0 unspecified atom stereocenters. The van der Waals surface area contributed by atoms with Gasteiger partial charge < -0.3 is 24.1 Å². The van der Waals surface area contributed by atoms with E-state index in [0.29, 0.717) is 22.7 Å². The van der Waals surface area contributed by atoms with Crippen LogP contribution in [0.3, 0.4) is 0 Å². The molecular formula is C22H24N2O5. The molecule has 0 aliphatic heterocycles. The van der Waals surface area contributed by atoms with Gasteiger partial charge in [-0.15, -0.1) is 0 Å². The standard InChI is InChI=1S/C22H24N2O5/c1-12-10-15(25)19(21(27)23(12)3)18(14-8-6-7-9-17(14)29-5)20-16(26)11-13(2)24(4)22(20)28/h6-11,18,25-26H,1-5H3. The van der Waals surface area contributed by atoms with Crippen LogP contribution >= 0.6 is 0 Å². The summed E-state index contributed by atoms with van der Waals surface area (Å²) in [5, 5.41) is 21.4. The minimum absolute atomic E-state index is 0.00106. The molecule has 3 rings (SSSR count). The molecule has 0 atom stereocenters. The zero-order valence-corrected chi connectivity index (χ0v) is 17.1. The average molecular weight is 396 g/mol. The van der Waals surface area contributed by atoms with Crippen LogP contribution in [0.1, 0.15) is 34.0 Å². The molecule has 2 N–H and O–H groups in total. The van der Waals surface area contributed by atoms with Gasteiger partial charge in [0.2, 0.25) is 0 Å². The second-order valence-corrected chi connectivity index (χ2v) is 7.07. The Labute approximate surface area is 168 Å². The highest BCUT2D eigenvalue weighted by Gasteiger charge is 2.32. The van der Waals surface area contributed by atoms with Gasteiger partial charge in [0.15, 0.2) is 0 Å². The van der Waals surface area contributed by atoms with Crippen molar-refractivity contribution in [1.82, 2.24) is 9.13 Å². The summed E-state index contributed by atoms with van der Waals surface area (Å²) in [6, 6.07) is 9.86. The van der Waals surface area contributed by atoms with Crippen molar-refractivity contribution >= 4 is 0 Å². The Kier molecular flexibility index (Phi) is 5.24. The molecule has 3 aromatic rings. The average Bonchev–Trinajstić information content (AvgIpc) is 2.69. The molecule has 29 heavy (non-hydrogen) atoms. The highest BCUT2D eigenvalue weighted by molar-refractivity contribution is 5.55. The summed E-state index contributed by atoms with van der Waals surface area (Å²) in [6.07, 6.45) is 0. The molecule has 0 saturated carbocycles. The molecule has 0 saturated heterocycles. The largest absolute Gasteiger partial charge is 0.507 e. The quantitative estimate of drug-likeness (QED) is 0.706. The minimum atomic E-state index is -1.02. The van der Waals surface area contributed by atoms with Gasteiger partial charge in [-0.3, -0.25) is 9.59 Å². The van der Waals surface area contributed by atoms with Crippen LogP contribution in [-0.2, 0) is 14.1 Å². The molecule has 0 bridgehead atoms. The Balaban J connectivity index is 2.51. The van der Waals surface area contributed by atoms with Gasteiger partial charge in [0.05, 0.1) is 24.2 Å². The third kappa shape index (κ3) is 3.29. The van der Waals surface area contributed by atoms with Crippen LogP contribution in [0.4, 0.5) is 0 Å². The van der Waals surface area contributed by atoms with Gasteiger partial charge in [0, 0.05) is 31.0 Å². The fraction of sp³-hybridized carbons (Fsp3) is 0.273. The van der Waals surface area contributed by atoms with Gasteiger partial charge in [-0.05, 0) is 32.0 Å². The van der Waals surface area contributed by atoms with Crippen molar-refractivity contribution in [2.24, 2.45) is 14.1 Å². The molecule has 7 nitrogen and oxygen atoms in total. The Morgan fingerprint density at radius 3 is 1.76 bits per heavy atom. The first-order valence-electron chi connectivity index (χ1n) is 9.10. The van der Waals surface area contributed by atoms with E-state index < -0.39 is 17.0 Å². The van der Waals surface area contributed by atoms with Crippen molar-refractivity contribution in [2.75, 3.05) is 7.11 Å². The Hall–Kier alpha value is -3.48. The lowest BCUT2D eigenvalue weighted by Gasteiger charge is -2.23. The molecule has 0 amide bonds. The number of aromatic hydroxyl groups is 2. The molecule has 7 heteroatoms. The number of nitrogens with zero attached hydrogens (tertiary/aromatic N) is 2. The summed E-state index contributed by atoms with van der Waals surface area (Å²) in [5.74, 6) is -1.08. The maximum atomic E-state index is 13.1. The van der Waals surface area contributed by atoms with Crippen molar-refractivity contribution in [3.63, 3.8) is 0 Å². The van der Waals surface area contributed by atoms with E-state index in [-0.39, 0.29) is 22.6 Å². The lowest BCUT2D eigenvalue weighted by molar-refractivity contribution is 0.406.